The topological polar surface area (TPSA) is 87.7 Å². The molecule has 0 spiro atoms. The molecule has 0 bridgehead atoms. The van der Waals surface area contributed by atoms with Gasteiger partial charge in [0.05, 0.1) is 11.6 Å². The Morgan fingerprint density at radius 3 is 2.65 bits per heavy atom. The molecule has 1 heterocycles. The number of nitrogens with zero attached hydrogens (tertiary/aromatic N) is 2. The van der Waals surface area contributed by atoms with Crippen molar-refractivity contribution in [1.29, 1.82) is 5.26 Å². The first-order valence-electron chi connectivity index (χ1n) is 6.02. The highest BCUT2D eigenvalue weighted by atomic mass is 16.5. The van der Waals surface area contributed by atoms with E-state index in [0.29, 0.717) is 17.2 Å². The molecule has 0 amide bonds. The van der Waals surface area contributed by atoms with Gasteiger partial charge in [-0.3, -0.25) is 0 Å². The Morgan fingerprint density at radius 1 is 1.15 bits per heavy atom. The molecule has 0 aromatic heterocycles. The van der Waals surface area contributed by atoms with Crippen LogP contribution in [-0.2, 0) is 0 Å². The molecule has 3 N–H and O–H groups in total. The summed E-state index contributed by atoms with van der Waals surface area (Å²) in [7, 11) is 0. The van der Waals surface area contributed by atoms with Crippen LogP contribution in [0.5, 0.6) is 0 Å². The second kappa shape index (κ2) is 5.01. The van der Waals surface area contributed by atoms with Gasteiger partial charge in [0.1, 0.15) is 5.69 Å². The first kappa shape index (κ1) is 12.2. The lowest BCUT2D eigenvalue weighted by molar-refractivity contribution is -0.783. The molecule has 6 nitrogen and oxygen atoms in total. The van der Waals surface area contributed by atoms with Crippen molar-refractivity contribution >= 4 is 23.0 Å². The normalized spacial score (nSPS) is 16.4. The number of nitriles is 1. The average molecular weight is 265 g/mol. The van der Waals surface area contributed by atoms with Crippen molar-refractivity contribution < 1.29 is 5.17 Å². The summed E-state index contributed by atoms with van der Waals surface area (Å²) in [6, 6.07) is 16.2. The third-order valence-electron chi connectivity index (χ3n) is 2.90. The molecule has 0 radical (unpaired) electrons. The second-order valence-corrected chi connectivity index (χ2v) is 4.25. The average Bonchev–Trinajstić information content (AvgIpc) is 2.48. The van der Waals surface area contributed by atoms with Gasteiger partial charge in [0, 0.05) is 11.8 Å². The monoisotopic (exact) mass is 265 g/mol. The van der Waals surface area contributed by atoms with Crippen LogP contribution in [0.15, 0.2) is 53.6 Å². The minimum Gasteiger partial charge on any atom is -0.601 e. The van der Waals surface area contributed by atoms with Gasteiger partial charge in [-0.15, -0.1) is 0 Å². The number of hydrogen-bond acceptors (Lipinski definition) is 5. The Balaban J connectivity index is 1.81. The third kappa shape index (κ3) is 2.31. The number of fused-ring (bicyclic) bond motifs is 1. The van der Waals surface area contributed by atoms with Crippen molar-refractivity contribution in [2.75, 3.05) is 10.6 Å². The summed E-state index contributed by atoms with van der Waals surface area (Å²) < 4.78 is 0. The van der Waals surface area contributed by atoms with Gasteiger partial charge < -0.3 is 15.8 Å². The van der Waals surface area contributed by atoms with Crippen molar-refractivity contribution in [2.24, 2.45) is 5.10 Å². The van der Waals surface area contributed by atoms with E-state index in [2.05, 4.69) is 21.8 Å². The number of nitrogens with one attached hydrogen (secondary N) is 3. The van der Waals surface area contributed by atoms with Crippen LogP contribution in [0, 0.1) is 16.5 Å². The lowest BCUT2D eigenvalue weighted by atomic mass is 10.2. The highest BCUT2D eigenvalue weighted by Crippen LogP contribution is 2.19. The first-order chi connectivity index (χ1) is 9.76. The van der Waals surface area contributed by atoms with E-state index in [1.54, 1.807) is 36.4 Å². The Morgan fingerprint density at radius 2 is 1.90 bits per heavy atom. The minimum atomic E-state index is -0.282. The number of rotatable bonds is 1. The number of benzene rings is 2. The molecule has 98 valence electrons. The predicted molar refractivity (Wildman–Crippen MR) is 76.3 cm³/mol. The summed E-state index contributed by atoms with van der Waals surface area (Å²) in [5.41, 5.74) is 2.61. The van der Waals surface area contributed by atoms with Crippen LogP contribution in [0.4, 0.5) is 17.1 Å². The van der Waals surface area contributed by atoms with Gasteiger partial charge in [0.2, 0.25) is 0 Å². The Kier molecular flexibility index (Phi) is 3.05. The van der Waals surface area contributed by atoms with E-state index >= 15 is 0 Å². The lowest BCUT2D eigenvalue weighted by Gasteiger charge is -2.24. The molecule has 2 aromatic rings. The Hall–Kier alpha value is -2.88. The number of anilines is 2. The first-order valence-corrected chi connectivity index (χ1v) is 6.02. The molecule has 6 heteroatoms. The molecule has 1 aliphatic rings. The Labute approximate surface area is 115 Å². The van der Waals surface area contributed by atoms with E-state index in [1.807, 2.05) is 12.1 Å². The van der Waals surface area contributed by atoms with Gasteiger partial charge in [-0.2, -0.15) is 5.26 Å². The van der Waals surface area contributed by atoms with Gasteiger partial charge >= 0.3 is 0 Å². The van der Waals surface area contributed by atoms with Gasteiger partial charge in [-0.05, 0) is 35.4 Å². The van der Waals surface area contributed by atoms with E-state index in [9.17, 15) is 5.21 Å². The zero-order valence-electron chi connectivity index (χ0n) is 10.4. The SMILES string of the molecule is N#Cc1ccc(NC2=N[NH+]([O-])c3ccccc3N2)cc1. The van der Waals surface area contributed by atoms with E-state index < -0.39 is 0 Å². The molecule has 0 saturated heterocycles. The lowest BCUT2D eigenvalue weighted by Crippen LogP contribution is -2.98. The maximum Gasteiger partial charge on any atom is 0.260 e. The van der Waals surface area contributed by atoms with E-state index in [1.165, 1.54) is 0 Å². The molecule has 20 heavy (non-hydrogen) atoms. The van der Waals surface area contributed by atoms with Crippen LogP contribution in [0.25, 0.3) is 0 Å². The van der Waals surface area contributed by atoms with Crippen molar-refractivity contribution in [3.05, 3.63) is 59.3 Å². The maximum atomic E-state index is 11.9. The zero-order chi connectivity index (χ0) is 13.9. The fourth-order valence-electron chi connectivity index (χ4n) is 1.92. The van der Waals surface area contributed by atoms with E-state index in [0.717, 1.165) is 11.4 Å². The molecular weight excluding hydrogens is 254 g/mol. The molecule has 0 aliphatic carbocycles. The predicted octanol–water partition coefficient (Wildman–Crippen LogP) is 1.38. The largest absolute Gasteiger partial charge is 0.601 e. The summed E-state index contributed by atoms with van der Waals surface area (Å²) in [5, 5.41) is 30.4. The number of guanidine groups is 1. The molecule has 2 aromatic carbocycles. The molecule has 3 rings (SSSR count). The summed E-state index contributed by atoms with van der Waals surface area (Å²) in [6.45, 7) is 0. The molecule has 1 unspecified atom stereocenters. The van der Waals surface area contributed by atoms with Gasteiger partial charge in [-0.1, -0.05) is 12.1 Å². The van der Waals surface area contributed by atoms with Crippen molar-refractivity contribution in [3.63, 3.8) is 0 Å². The smallest absolute Gasteiger partial charge is 0.260 e. The van der Waals surface area contributed by atoms with Gasteiger partial charge in [-0.25, -0.2) is 5.17 Å². The third-order valence-corrected chi connectivity index (χ3v) is 2.90. The van der Waals surface area contributed by atoms with Crippen molar-refractivity contribution in [3.8, 4) is 6.07 Å². The van der Waals surface area contributed by atoms with Crippen LogP contribution in [0.3, 0.4) is 0 Å². The quantitative estimate of drug-likeness (QED) is 0.680. The fourth-order valence-corrected chi connectivity index (χ4v) is 1.92. The zero-order valence-corrected chi connectivity index (χ0v) is 10.4. The molecule has 1 atom stereocenters. The number of para-hydroxylation sites is 1. The van der Waals surface area contributed by atoms with Crippen LogP contribution >= 0.6 is 0 Å². The number of quaternary nitrogens is 1. The standard InChI is InChI=1S/C14H11N5O/c15-9-10-5-7-11(8-6-10)16-14-17-12-3-1-2-4-13(12)19(20)18-14/h1-8,19H,(H2,16,17,18). The summed E-state index contributed by atoms with van der Waals surface area (Å²) in [6.07, 6.45) is 0. The molecule has 1 aliphatic heterocycles. The van der Waals surface area contributed by atoms with Crippen LogP contribution in [0.1, 0.15) is 5.56 Å². The van der Waals surface area contributed by atoms with Gasteiger partial charge in [0.25, 0.3) is 5.96 Å². The van der Waals surface area contributed by atoms with Crippen LogP contribution in [0.2, 0.25) is 0 Å². The maximum absolute atomic E-state index is 11.9. The molecule has 0 fully saturated rings. The number of hydrogen-bond donors (Lipinski definition) is 3. The van der Waals surface area contributed by atoms with Crippen LogP contribution < -0.4 is 15.8 Å². The van der Waals surface area contributed by atoms with E-state index in [4.69, 9.17) is 5.26 Å². The highest BCUT2D eigenvalue weighted by molar-refractivity contribution is 6.05. The summed E-state index contributed by atoms with van der Waals surface area (Å²) in [4.78, 5) is 0. The fraction of sp³-hybridized carbons (Fsp3) is 0. The highest BCUT2D eigenvalue weighted by Gasteiger charge is 2.18. The minimum absolute atomic E-state index is 0.282. The van der Waals surface area contributed by atoms with E-state index in [-0.39, 0.29) is 5.17 Å². The van der Waals surface area contributed by atoms with Gasteiger partial charge in [0.15, 0.2) is 5.69 Å². The molecular formula is C14H11N5O. The Bertz CT molecular complexity index is 702. The van der Waals surface area contributed by atoms with Crippen LogP contribution in [-0.4, -0.2) is 5.96 Å². The second-order valence-electron chi connectivity index (χ2n) is 4.25. The summed E-state index contributed by atoms with van der Waals surface area (Å²) in [5.74, 6) is 0.374. The van der Waals surface area contributed by atoms with Crippen molar-refractivity contribution in [1.82, 2.24) is 0 Å². The summed E-state index contributed by atoms with van der Waals surface area (Å²) >= 11 is 0. The molecule has 0 saturated carbocycles. The van der Waals surface area contributed by atoms with Crippen molar-refractivity contribution in [2.45, 2.75) is 0 Å².